The number of rotatable bonds is 4. The molecule has 2 aromatic rings. The van der Waals surface area contributed by atoms with Crippen LogP contribution in [0.5, 0.6) is 5.75 Å². The molecule has 10 heteroatoms. The first kappa shape index (κ1) is 20.3. The summed E-state index contributed by atoms with van der Waals surface area (Å²) in [5, 5.41) is 14.9. The van der Waals surface area contributed by atoms with Gasteiger partial charge in [-0.25, -0.2) is 0 Å². The topological polar surface area (TPSA) is 114 Å². The Morgan fingerprint density at radius 1 is 1.33 bits per heavy atom. The van der Waals surface area contributed by atoms with Gasteiger partial charge in [-0.3, -0.25) is 19.7 Å². The number of likely N-dealkylation sites (tertiary alicyclic amines) is 1. The molecule has 4 rings (SSSR count). The molecule has 30 heavy (non-hydrogen) atoms. The van der Waals surface area contributed by atoms with Crippen molar-refractivity contribution < 1.29 is 19.1 Å². The molecule has 3 amide bonds. The van der Waals surface area contributed by atoms with Crippen molar-refractivity contribution in [1.82, 2.24) is 20.4 Å². The lowest BCUT2D eigenvalue weighted by Gasteiger charge is -2.38. The number of fused-ring (bicyclic) bond motifs is 1. The van der Waals surface area contributed by atoms with Gasteiger partial charge in [0.05, 0.1) is 5.56 Å². The molecule has 2 N–H and O–H groups in total. The van der Waals surface area contributed by atoms with Crippen LogP contribution in [-0.4, -0.2) is 51.1 Å². The van der Waals surface area contributed by atoms with E-state index < -0.39 is 11.8 Å². The number of carbonyl (C=O) groups is 3. The number of nitrogens with one attached hydrogen (secondary N) is 2. The zero-order valence-electron chi connectivity index (χ0n) is 16.8. The van der Waals surface area contributed by atoms with Crippen molar-refractivity contribution >= 4 is 34.2 Å². The van der Waals surface area contributed by atoms with E-state index in [0.29, 0.717) is 29.3 Å². The Balaban J connectivity index is 1.46. The molecule has 1 spiro atoms. The highest BCUT2D eigenvalue weighted by atomic mass is 32.1. The molecule has 0 radical (unpaired) electrons. The molecule has 2 atom stereocenters. The fraction of sp³-hybridized carbons (Fsp3) is 0.450. The highest BCUT2D eigenvalue weighted by Crippen LogP contribution is 2.34. The van der Waals surface area contributed by atoms with Crippen LogP contribution in [0, 0.1) is 0 Å². The number of hydrogen-bond acceptors (Lipinski definition) is 7. The first-order valence-corrected chi connectivity index (χ1v) is 10.8. The van der Waals surface area contributed by atoms with Crippen molar-refractivity contribution in [3.05, 3.63) is 34.8 Å². The molecule has 1 aromatic carbocycles. The lowest BCUT2D eigenvalue weighted by molar-refractivity contribution is -0.137. The number of nitrogens with zero attached hydrogens (tertiary/aromatic N) is 3. The van der Waals surface area contributed by atoms with Gasteiger partial charge in [0.15, 0.2) is 5.72 Å². The second-order valence-electron chi connectivity index (χ2n) is 7.40. The SMILES string of the molecule is CCc1nnc(NC(=O)[C@H](C)N2CC[C@@]3(CCC2=O)NC(=O)c2ccccc2O3)s1. The number of aromatic nitrogens is 2. The Labute approximate surface area is 177 Å². The maximum atomic E-state index is 12.8. The van der Waals surface area contributed by atoms with Crippen LogP contribution in [0.1, 0.15) is 48.5 Å². The summed E-state index contributed by atoms with van der Waals surface area (Å²) < 4.78 is 6.13. The van der Waals surface area contributed by atoms with Gasteiger partial charge in [-0.15, -0.1) is 10.2 Å². The quantitative estimate of drug-likeness (QED) is 0.768. The van der Waals surface area contributed by atoms with E-state index in [4.69, 9.17) is 4.74 Å². The van der Waals surface area contributed by atoms with Crippen LogP contribution in [0.4, 0.5) is 5.13 Å². The molecule has 1 aromatic heterocycles. The van der Waals surface area contributed by atoms with Gasteiger partial charge in [0.2, 0.25) is 16.9 Å². The summed E-state index contributed by atoms with van der Waals surface area (Å²) in [5.41, 5.74) is -0.479. The summed E-state index contributed by atoms with van der Waals surface area (Å²) in [4.78, 5) is 39.5. The number of carbonyl (C=O) groups excluding carboxylic acids is 3. The van der Waals surface area contributed by atoms with Crippen molar-refractivity contribution in [2.45, 2.75) is 51.3 Å². The summed E-state index contributed by atoms with van der Waals surface area (Å²) in [5.74, 6) is -0.183. The fourth-order valence-corrected chi connectivity index (χ4v) is 4.37. The molecule has 1 fully saturated rings. The van der Waals surface area contributed by atoms with Gasteiger partial charge in [-0.1, -0.05) is 30.4 Å². The smallest absolute Gasteiger partial charge is 0.258 e. The maximum absolute atomic E-state index is 12.8. The minimum atomic E-state index is -0.957. The standard InChI is InChI=1S/C20H23N5O4S/c1-3-15-23-24-19(30-15)21-17(27)12(2)25-11-10-20(9-8-16(25)26)22-18(28)13-6-4-5-7-14(13)29-20/h4-7,12H,3,8-11H2,1-2H3,(H,22,28)(H,21,24,27)/t12-,20-/m0/s1. The number of benzene rings is 1. The van der Waals surface area contributed by atoms with Crippen molar-refractivity contribution in [2.75, 3.05) is 11.9 Å². The van der Waals surface area contributed by atoms with Gasteiger partial charge in [-0.05, 0) is 25.5 Å². The Morgan fingerprint density at radius 3 is 2.90 bits per heavy atom. The van der Waals surface area contributed by atoms with Gasteiger partial charge >= 0.3 is 0 Å². The van der Waals surface area contributed by atoms with Crippen molar-refractivity contribution in [3.8, 4) is 5.75 Å². The Kier molecular flexibility index (Phi) is 5.42. The third-order valence-corrected chi connectivity index (χ3v) is 6.43. The lowest BCUT2D eigenvalue weighted by atomic mass is 10.0. The van der Waals surface area contributed by atoms with E-state index in [0.717, 1.165) is 11.4 Å². The van der Waals surface area contributed by atoms with Gasteiger partial charge in [0.1, 0.15) is 16.8 Å². The highest BCUT2D eigenvalue weighted by molar-refractivity contribution is 7.15. The largest absolute Gasteiger partial charge is 0.467 e. The number of para-hydroxylation sites is 1. The first-order chi connectivity index (χ1) is 14.4. The molecule has 1 saturated heterocycles. The maximum Gasteiger partial charge on any atom is 0.258 e. The normalized spacial score (nSPS) is 22.0. The average molecular weight is 430 g/mol. The molecule has 9 nitrogen and oxygen atoms in total. The molecule has 0 saturated carbocycles. The minimum absolute atomic E-state index is 0.155. The third-order valence-electron chi connectivity index (χ3n) is 5.44. The Morgan fingerprint density at radius 2 is 2.13 bits per heavy atom. The summed E-state index contributed by atoms with van der Waals surface area (Å²) >= 11 is 1.32. The monoisotopic (exact) mass is 429 g/mol. The van der Waals surface area contributed by atoms with E-state index >= 15 is 0 Å². The molecule has 0 unspecified atom stereocenters. The number of aryl methyl sites for hydroxylation is 1. The van der Waals surface area contributed by atoms with Gasteiger partial charge in [-0.2, -0.15) is 0 Å². The summed E-state index contributed by atoms with van der Waals surface area (Å²) in [7, 11) is 0. The zero-order valence-corrected chi connectivity index (χ0v) is 17.6. The second-order valence-corrected chi connectivity index (χ2v) is 8.47. The fourth-order valence-electron chi connectivity index (χ4n) is 3.69. The van der Waals surface area contributed by atoms with Crippen LogP contribution in [0.25, 0.3) is 0 Å². The van der Waals surface area contributed by atoms with E-state index in [1.807, 2.05) is 13.0 Å². The average Bonchev–Trinajstić information content (AvgIpc) is 3.13. The summed E-state index contributed by atoms with van der Waals surface area (Å²) in [6.07, 6.45) is 1.63. The predicted octanol–water partition coefficient (Wildman–Crippen LogP) is 1.96. The predicted molar refractivity (Wildman–Crippen MR) is 110 cm³/mol. The molecular formula is C20H23N5O4S. The van der Waals surface area contributed by atoms with Crippen LogP contribution >= 0.6 is 11.3 Å². The van der Waals surface area contributed by atoms with Crippen LogP contribution in [0.15, 0.2) is 24.3 Å². The summed E-state index contributed by atoms with van der Waals surface area (Å²) in [6, 6.07) is 6.36. The number of hydrogen-bond donors (Lipinski definition) is 2. The number of anilines is 1. The van der Waals surface area contributed by atoms with E-state index in [-0.39, 0.29) is 30.7 Å². The van der Waals surface area contributed by atoms with Crippen molar-refractivity contribution in [1.29, 1.82) is 0 Å². The van der Waals surface area contributed by atoms with Gasteiger partial charge in [0.25, 0.3) is 5.91 Å². The zero-order chi connectivity index (χ0) is 21.3. The van der Waals surface area contributed by atoms with Gasteiger partial charge in [0, 0.05) is 25.8 Å². The van der Waals surface area contributed by atoms with Crippen LogP contribution in [0.2, 0.25) is 0 Å². The molecule has 2 aliphatic heterocycles. The van der Waals surface area contributed by atoms with E-state index in [2.05, 4.69) is 20.8 Å². The molecule has 2 aliphatic rings. The van der Waals surface area contributed by atoms with Crippen LogP contribution < -0.4 is 15.4 Å². The van der Waals surface area contributed by atoms with Crippen LogP contribution in [-0.2, 0) is 16.0 Å². The van der Waals surface area contributed by atoms with E-state index in [1.54, 1.807) is 25.1 Å². The van der Waals surface area contributed by atoms with E-state index in [1.165, 1.54) is 16.2 Å². The first-order valence-electron chi connectivity index (χ1n) is 9.94. The molecule has 0 bridgehead atoms. The third kappa shape index (κ3) is 3.87. The molecule has 3 heterocycles. The Hall–Kier alpha value is -3.01. The van der Waals surface area contributed by atoms with Crippen LogP contribution in [0.3, 0.4) is 0 Å². The minimum Gasteiger partial charge on any atom is -0.467 e. The second kappa shape index (κ2) is 8.02. The molecular weight excluding hydrogens is 406 g/mol. The molecule has 158 valence electrons. The molecule has 0 aliphatic carbocycles. The van der Waals surface area contributed by atoms with Crippen molar-refractivity contribution in [3.63, 3.8) is 0 Å². The Bertz CT molecular complexity index is 993. The van der Waals surface area contributed by atoms with Crippen molar-refractivity contribution in [2.24, 2.45) is 0 Å². The number of ether oxygens (including phenoxy) is 1. The lowest BCUT2D eigenvalue weighted by Crippen LogP contribution is -2.56. The van der Waals surface area contributed by atoms with Gasteiger partial charge < -0.3 is 15.0 Å². The highest BCUT2D eigenvalue weighted by Gasteiger charge is 2.43. The van der Waals surface area contributed by atoms with E-state index in [9.17, 15) is 14.4 Å². The summed E-state index contributed by atoms with van der Waals surface area (Å²) in [6.45, 7) is 3.93. The number of amides is 3.